The van der Waals surface area contributed by atoms with Crippen LogP contribution in [0.25, 0.3) is 0 Å². The molecule has 0 unspecified atom stereocenters. The van der Waals surface area contributed by atoms with Crippen LogP contribution in [0.2, 0.25) is 0 Å². The summed E-state index contributed by atoms with van der Waals surface area (Å²) in [5.41, 5.74) is -0.867. The summed E-state index contributed by atoms with van der Waals surface area (Å²) in [5.74, 6) is -1.35. The van der Waals surface area contributed by atoms with Gasteiger partial charge in [0.15, 0.2) is 0 Å². The second kappa shape index (κ2) is 9.27. The number of carbonyl (C=O) groups excluding carboxylic acids is 1. The van der Waals surface area contributed by atoms with E-state index >= 15 is 0 Å². The van der Waals surface area contributed by atoms with Gasteiger partial charge in [-0.25, -0.2) is 0 Å². The first kappa shape index (κ1) is 21.1. The van der Waals surface area contributed by atoms with Crippen LogP contribution in [0.15, 0.2) is 30.3 Å². The van der Waals surface area contributed by atoms with E-state index in [1.165, 1.54) is 13.8 Å². The van der Waals surface area contributed by atoms with Crippen molar-refractivity contribution in [3.8, 4) is 0 Å². The lowest BCUT2D eigenvalue weighted by atomic mass is 9.95. The minimum absolute atomic E-state index is 0.208. The van der Waals surface area contributed by atoms with E-state index in [-0.39, 0.29) is 25.8 Å². The van der Waals surface area contributed by atoms with Gasteiger partial charge >= 0.3 is 11.9 Å². The van der Waals surface area contributed by atoms with E-state index in [4.69, 9.17) is 20.1 Å². The van der Waals surface area contributed by atoms with E-state index < -0.39 is 16.8 Å². The number of carboxylic acids is 1. The minimum Gasteiger partial charge on any atom is -0.481 e. The van der Waals surface area contributed by atoms with Crippen LogP contribution < -0.4 is 0 Å². The predicted molar refractivity (Wildman–Crippen MR) is 85.6 cm³/mol. The highest BCUT2D eigenvalue weighted by atomic mass is 16.5. The molecule has 0 amide bonds. The van der Waals surface area contributed by atoms with Gasteiger partial charge in [0, 0.05) is 0 Å². The van der Waals surface area contributed by atoms with E-state index in [0.29, 0.717) is 0 Å². The van der Waals surface area contributed by atoms with Gasteiger partial charge in [-0.3, -0.25) is 9.59 Å². The van der Waals surface area contributed by atoms with Gasteiger partial charge in [-0.1, -0.05) is 30.3 Å². The lowest BCUT2D eigenvalue weighted by Crippen LogP contribution is -2.30. The fraction of sp³-hybridized carbons (Fsp3) is 0.529. The number of ether oxygens (including phenoxy) is 1. The van der Waals surface area contributed by atoms with E-state index in [0.717, 1.165) is 5.56 Å². The third kappa shape index (κ3) is 7.76. The van der Waals surface area contributed by atoms with Crippen LogP contribution in [-0.4, -0.2) is 40.5 Å². The molecule has 3 N–H and O–H groups in total. The Kier molecular flexibility index (Phi) is 8.50. The van der Waals surface area contributed by atoms with Gasteiger partial charge in [-0.05, 0) is 33.3 Å². The molecule has 6 heteroatoms. The Labute approximate surface area is 136 Å². The minimum atomic E-state index is -0.986. The van der Waals surface area contributed by atoms with Crippen molar-refractivity contribution in [3.63, 3.8) is 0 Å². The number of rotatable bonds is 6. The number of hydrogen-bond acceptors (Lipinski definition) is 5. The van der Waals surface area contributed by atoms with Gasteiger partial charge in [0.05, 0.1) is 24.0 Å². The van der Waals surface area contributed by atoms with Crippen LogP contribution in [0.4, 0.5) is 0 Å². The Balaban J connectivity index is 0.000000515. The summed E-state index contributed by atoms with van der Waals surface area (Å²) in [5, 5.41) is 25.6. The molecule has 0 aromatic heterocycles. The molecule has 0 bridgehead atoms. The molecule has 0 radical (unpaired) electrons. The van der Waals surface area contributed by atoms with Crippen LogP contribution >= 0.6 is 0 Å². The fourth-order valence-corrected chi connectivity index (χ4v) is 1.05. The molecule has 0 spiro atoms. The zero-order valence-electron chi connectivity index (χ0n) is 14.1. The second-order valence-electron chi connectivity index (χ2n) is 6.45. The monoisotopic (exact) mass is 326 g/mol. The molecular weight excluding hydrogens is 300 g/mol. The van der Waals surface area contributed by atoms with Crippen LogP contribution in [0, 0.1) is 10.8 Å². The first-order chi connectivity index (χ1) is 10.6. The van der Waals surface area contributed by atoms with Crippen molar-refractivity contribution in [1.82, 2.24) is 0 Å². The maximum atomic E-state index is 11.5. The standard InChI is InChI=1S/C12H16O3.C5H10O3/c1-12(2,9-13)11(14)15-8-10-6-4-3-5-7-10;1-5(2,3-6)4(7)8/h3-7,13H,8-9H2,1-2H3;6H,3H2,1-2H3,(H,7,8). The molecule has 0 fully saturated rings. The molecule has 6 nitrogen and oxygen atoms in total. The molecule has 130 valence electrons. The van der Waals surface area contributed by atoms with E-state index in [9.17, 15) is 9.59 Å². The van der Waals surface area contributed by atoms with Crippen LogP contribution in [0.3, 0.4) is 0 Å². The molecule has 0 aliphatic carbocycles. The lowest BCUT2D eigenvalue weighted by molar-refractivity contribution is -0.157. The third-order valence-corrected chi connectivity index (χ3v) is 3.13. The summed E-state index contributed by atoms with van der Waals surface area (Å²) in [7, 11) is 0. The van der Waals surface area contributed by atoms with Crippen LogP contribution in [0.5, 0.6) is 0 Å². The van der Waals surface area contributed by atoms with Gasteiger partial charge in [0.25, 0.3) is 0 Å². The van der Waals surface area contributed by atoms with Crippen molar-refractivity contribution in [2.24, 2.45) is 10.8 Å². The molecule has 0 atom stereocenters. The molecule has 0 saturated heterocycles. The number of aliphatic hydroxyl groups is 2. The first-order valence-corrected chi connectivity index (χ1v) is 7.23. The highest BCUT2D eigenvalue weighted by Crippen LogP contribution is 2.16. The molecule has 0 heterocycles. The maximum absolute atomic E-state index is 11.5. The lowest BCUT2D eigenvalue weighted by Gasteiger charge is -2.19. The number of carbonyl (C=O) groups is 2. The second-order valence-corrected chi connectivity index (χ2v) is 6.45. The normalized spacial score (nSPS) is 11.2. The van der Waals surface area contributed by atoms with E-state index in [2.05, 4.69) is 0 Å². The van der Waals surface area contributed by atoms with Crippen molar-refractivity contribution < 1.29 is 29.6 Å². The number of aliphatic carboxylic acids is 1. The number of aliphatic hydroxyl groups excluding tert-OH is 2. The van der Waals surface area contributed by atoms with Crippen molar-refractivity contribution in [3.05, 3.63) is 35.9 Å². The number of benzene rings is 1. The Morgan fingerprint density at radius 2 is 1.43 bits per heavy atom. The van der Waals surface area contributed by atoms with Gasteiger partial charge < -0.3 is 20.1 Å². The van der Waals surface area contributed by atoms with Crippen LogP contribution in [-0.2, 0) is 20.9 Å². The largest absolute Gasteiger partial charge is 0.481 e. The Bertz CT molecular complexity index is 493. The van der Waals surface area contributed by atoms with E-state index in [1.54, 1.807) is 13.8 Å². The summed E-state index contributed by atoms with van der Waals surface area (Å²) < 4.78 is 5.08. The topological polar surface area (TPSA) is 104 Å². The fourth-order valence-electron chi connectivity index (χ4n) is 1.05. The molecule has 1 aromatic carbocycles. The zero-order valence-corrected chi connectivity index (χ0v) is 14.1. The Morgan fingerprint density at radius 3 is 1.78 bits per heavy atom. The third-order valence-electron chi connectivity index (χ3n) is 3.13. The molecule has 0 saturated carbocycles. The SMILES string of the molecule is CC(C)(CO)C(=O)O.CC(C)(CO)C(=O)OCc1ccccc1. The van der Waals surface area contributed by atoms with Crippen molar-refractivity contribution in [2.45, 2.75) is 34.3 Å². The van der Waals surface area contributed by atoms with Crippen LogP contribution in [0.1, 0.15) is 33.3 Å². The predicted octanol–water partition coefficient (Wildman–Crippen LogP) is 1.84. The molecule has 0 aliphatic rings. The molecule has 0 aliphatic heterocycles. The maximum Gasteiger partial charge on any atom is 0.314 e. The first-order valence-electron chi connectivity index (χ1n) is 7.23. The van der Waals surface area contributed by atoms with Gasteiger partial charge in [0.1, 0.15) is 6.61 Å². The molecular formula is C17H26O6. The van der Waals surface area contributed by atoms with Crippen molar-refractivity contribution >= 4 is 11.9 Å². The average Bonchev–Trinajstić information content (AvgIpc) is 2.53. The van der Waals surface area contributed by atoms with Crippen molar-refractivity contribution in [2.75, 3.05) is 13.2 Å². The summed E-state index contributed by atoms with van der Waals surface area (Å²) in [4.78, 5) is 21.6. The highest BCUT2D eigenvalue weighted by molar-refractivity contribution is 5.76. The summed E-state index contributed by atoms with van der Waals surface area (Å²) in [6, 6.07) is 9.46. The molecule has 23 heavy (non-hydrogen) atoms. The van der Waals surface area contributed by atoms with Crippen molar-refractivity contribution in [1.29, 1.82) is 0 Å². The Hall–Kier alpha value is -1.92. The quantitative estimate of drug-likeness (QED) is 0.689. The number of esters is 1. The van der Waals surface area contributed by atoms with Gasteiger partial charge in [-0.15, -0.1) is 0 Å². The number of carboxylic acid groups (broad SMARTS) is 1. The van der Waals surface area contributed by atoms with Gasteiger partial charge in [-0.2, -0.15) is 0 Å². The Morgan fingerprint density at radius 1 is 0.957 bits per heavy atom. The zero-order chi connectivity index (χ0) is 18.1. The summed E-state index contributed by atoms with van der Waals surface area (Å²) >= 11 is 0. The molecule has 1 aromatic rings. The smallest absolute Gasteiger partial charge is 0.314 e. The summed E-state index contributed by atoms with van der Waals surface area (Å²) in [6.45, 7) is 5.97. The van der Waals surface area contributed by atoms with Gasteiger partial charge in [0.2, 0.25) is 0 Å². The highest BCUT2D eigenvalue weighted by Gasteiger charge is 2.28. The number of hydrogen-bond donors (Lipinski definition) is 3. The molecule has 1 rings (SSSR count). The summed E-state index contributed by atoms with van der Waals surface area (Å²) in [6.07, 6.45) is 0. The van der Waals surface area contributed by atoms with E-state index in [1.807, 2.05) is 30.3 Å². The average molecular weight is 326 g/mol.